The smallest absolute Gasteiger partial charge is 0.235 e. The molecule has 0 radical (unpaired) electrons. The Labute approximate surface area is 148 Å². The lowest BCUT2D eigenvalue weighted by Gasteiger charge is -2.04. The first-order chi connectivity index (χ1) is 11.6. The average Bonchev–Trinajstić information content (AvgIpc) is 3.12. The number of nitrogens with zero attached hydrogens (tertiary/aromatic N) is 5. The standard InChI is InChI=1S/C17H17N5S2/c1-10(2)23-9-15-19-20-17-22(15)21-16(24-17)13-8-11(3)18-14-7-5-4-6-12(13)14/h4-8,10H,9H2,1-3H3. The second-order valence-corrected chi connectivity index (χ2v) is 8.43. The third-order valence-electron chi connectivity index (χ3n) is 3.68. The summed E-state index contributed by atoms with van der Waals surface area (Å²) in [4.78, 5) is 5.44. The molecular formula is C17H17N5S2. The van der Waals surface area contributed by atoms with Crippen molar-refractivity contribution >= 4 is 39.0 Å². The maximum absolute atomic E-state index is 4.78. The highest BCUT2D eigenvalue weighted by atomic mass is 32.2. The van der Waals surface area contributed by atoms with Gasteiger partial charge in [0.2, 0.25) is 4.96 Å². The van der Waals surface area contributed by atoms with Gasteiger partial charge in [0.1, 0.15) is 5.01 Å². The second-order valence-electron chi connectivity index (χ2n) is 5.91. The van der Waals surface area contributed by atoms with E-state index in [4.69, 9.17) is 5.10 Å². The number of fused-ring (bicyclic) bond motifs is 2. The number of aryl methyl sites for hydroxylation is 1. The number of benzene rings is 1. The van der Waals surface area contributed by atoms with Crippen molar-refractivity contribution < 1.29 is 0 Å². The minimum absolute atomic E-state index is 0.558. The first-order valence-electron chi connectivity index (χ1n) is 7.81. The van der Waals surface area contributed by atoms with E-state index in [1.165, 1.54) is 0 Å². The lowest BCUT2D eigenvalue weighted by Crippen LogP contribution is -1.97. The molecule has 1 aromatic carbocycles. The maximum Gasteiger partial charge on any atom is 0.235 e. The fraction of sp³-hybridized carbons (Fsp3) is 0.294. The van der Waals surface area contributed by atoms with Gasteiger partial charge in [-0.2, -0.15) is 21.4 Å². The van der Waals surface area contributed by atoms with Crippen LogP contribution in [0.1, 0.15) is 25.4 Å². The molecule has 3 heterocycles. The molecule has 0 saturated carbocycles. The molecule has 0 spiro atoms. The van der Waals surface area contributed by atoms with Gasteiger partial charge in [0, 0.05) is 16.6 Å². The molecule has 3 aromatic heterocycles. The monoisotopic (exact) mass is 355 g/mol. The van der Waals surface area contributed by atoms with Gasteiger partial charge in [-0.15, -0.1) is 10.2 Å². The van der Waals surface area contributed by atoms with Crippen LogP contribution < -0.4 is 0 Å². The molecule has 0 fully saturated rings. The average molecular weight is 355 g/mol. The second kappa shape index (κ2) is 6.14. The van der Waals surface area contributed by atoms with E-state index in [1.54, 1.807) is 11.3 Å². The van der Waals surface area contributed by atoms with Crippen LogP contribution in [0.4, 0.5) is 0 Å². The van der Waals surface area contributed by atoms with E-state index in [0.29, 0.717) is 5.25 Å². The Morgan fingerprint density at radius 1 is 1.21 bits per heavy atom. The van der Waals surface area contributed by atoms with Gasteiger partial charge >= 0.3 is 0 Å². The van der Waals surface area contributed by atoms with Crippen LogP contribution in [0.25, 0.3) is 26.4 Å². The molecule has 0 N–H and O–H groups in total. The molecule has 7 heteroatoms. The molecule has 4 aromatic rings. The van der Waals surface area contributed by atoms with Gasteiger partial charge in [0.05, 0.1) is 11.3 Å². The van der Waals surface area contributed by atoms with Crippen LogP contribution in [0.3, 0.4) is 0 Å². The summed E-state index contributed by atoms with van der Waals surface area (Å²) in [6, 6.07) is 10.3. The predicted molar refractivity (Wildman–Crippen MR) is 101 cm³/mol. The van der Waals surface area contributed by atoms with Crippen LogP contribution in [0.5, 0.6) is 0 Å². The number of para-hydroxylation sites is 1. The molecule has 24 heavy (non-hydrogen) atoms. The van der Waals surface area contributed by atoms with Gasteiger partial charge < -0.3 is 0 Å². The normalized spacial score (nSPS) is 11.8. The number of thioether (sulfide) groups is 1. The maximum atomic E-state index is 4.78. The minimum atomic E-state index is 0.558. The summed E-state index contributed by atoms with van der Waals surface area (Å²) in [6.07, 6.45) is 0. The molecule has 0 aliphatic heterocycles. The van der Waals surface area contributed by atoms with Gasteiger partial charge in [-0.3, -0.25) is 4.98 Å². The van der Waals surface area contributed by atoms with Crippen molar-refractivity contribution in [1.82, 2.24) is 24.8 Å². The van der Waals surface area contributed by atoms with E-state index in [0.717, 1.165) is 43.7 Å². The van der Waals surface area contributed by atoms with Crippen molar-refractivity contribution in [3.63, 3.8) is 0 Å². The molecule has 0 atom stereocenters. The van der Waals surface area contributed by atoms with Gasteiger partial charge in [0.25, 0.3) is 0 Å². The van der Waals surface area contributed by atoms with Crippen molar-refractivity contribution in [2.45, 2.75) is 31.8 Å². The largest absolute Gasteiger partial charge is 0.253 e. The Morgan fingerprint density at radius 2 is 2.04 bits per heavy atom. The zero-order chi connectivity index (χ0) is 16.7. The van der Waals surface area contributed by atoms with Crippen LogP contribution >= 0.6 is 23.1 Å². The Morgan fingerprint density at radius 3 is 2.88 bits per heavy atom. The van der Waals surface area contributed by atoms with Crippen LogP contribution in [-0.4, -0.2) is 30.0 Å². The highest BCUT2D eigenvalue weighted by Gasteiger charge is 2.15. The predicted octanol–water partition coefficient (Wildman–Crippen LogP) is 4.35. The summed E-state index contributed by atoms with van der Waals surface area (Å²) in [5.74, 6) is 1.72. The summed E-state index contributed by atoms with van der Waals surface area (Å²) >= 11 is 3.42. The SMILES string of the molecule is Cc1cc(-c2nn3c(CSC(C)C)nnc3s2)c2ccccc2n1. The summed E-state index contributed by atoms with van der Waals surface area (Å²) in [7, 11) is 0. The zero-order valence-electron chi connectivity index (χ0n) is 13.7. The van der Waals surface area contributed by atoms with Crippen molar-refractivity contribution in [2.75, 3.05) is 0 Å². The van der Waals surface area contributed by atoms with Crippen molar-refractivity contribution in [2.24, 2.45) is 0 Å². The number of hydrogen-bond donors (Lipinski definition) is 0. The molecule has 0 amide bonds. The van der Waals surface area contributed by atoms with Gasteiger partial charge in [-0.05, 0) is 24.3 Å². The summed E-state index contributed by atoms with van der Waals surface area (Å²) in [5.41, 5.74) is 3.09. The molecule has 5 nitrogen and oxygen atoms in total. The number of aromatic nitrogens is 5. The van der Waals surface area contributed by atoms with Crippen LogP contribution in [0.2, 0.25) is 0 Å². The lowest BCUT2D eigenvalue weighted by atomic mass is 10.1. The molecule has 4 rings (SSSR count). The molecule has 0 unspecified atom stereocenters. The molecule has 0 aliphatic carbocycles. The number of rotatable bonds is 4. The fourth-order valence-electron chi connectivity index (χ4n) is 2.58. The first-order valence-corrected chi connectivity index (χ1v) is 9.68. The molecule has 122 valence electrons. The Kier molecular flexibility index (Phi) is 3.97. The third-order valence-corrected chi connectivity index (χ3v) is 5.70. The Bertz CT molecular complexity index is 1020. The molecule has 0 saturated heterocycles. The summed E-state index contributed by atoms with van der Waals surface area (Å²) in [6.45, 7) is 6.38. The van der Waals surface area contributed by atoms with Crippen LogP contribution in [0, 0.1) is 6.92 Å². The van der Waals surface area contributed by atoms with Crippen molar-refractivity contribution in [3.8, 4) is 10.6 Å². The van der Waals surface area contributed by atoms with E-state index in [9.17, 15) is 0 Å². The van der Waals surface area contributed by atoms with E-state index in [2.05, 4.69) is 41.2 Å². The highest BCUT2D eigenvalue weighted by molar-refractivity contribution is 7.99. The third kappa shape index (κ3) is 2.78. The first kappa shape index (κ1) is 15.5. The topological polar surface area (TPSA) is 56.0 Å². The van der Waals surface area contributed by atoms with Crippen LogP contribution in [-0.2, 0) is 5.75 Å². The quantitative estimate of drug-likeness (QED) is 0.545. The summed E-state index contributed by atoms with van der Waals surface area (Å²) in [5, 5.41) is 16.0. The summed E-state index contributed by atoms with van der Waals surface area (Å²) < 4.78 is 1.87. The Balaban J connectivity index is 1.83. The van der Waals surface area contributed by atoms with E-state index < -0.39 is 0 Å². The van der Waals surface area contributed by atoms with Gasteiger partial charge in [0.15, 0.2) is 5.82 Å². The number of pyridine rings is 1. The van der Waals surface area contributed by atoms with Gasteiger partial charge in [-0.1, -0.05) is 43.4 Å². The molecular weight excluding hydrogens is 338 g/mol. The van der Waals surface area contributed by atoms with Gasteiger partial charge in [-0.25, -0.2) is 0 Å². The molecule has 0 aliphatic rings. The van der Waals surface area contributed by atoms with Crippen LogP contribution in [0.15, 0.2) is 30.3 Å². The van der Waals surface area contributed by atoms with Crippen molar-refractivity contribution in [1.29, 1.82) is 0 Å². The fourth-order valence-corrected chi connectivity index (χ4v) is 4.13. The lowest BCUT2D eigenvalue weighted by molar-refractivity contribution is 0.885. The Hall–Kier alpha value is -1.99. The highest BCUT2D eigenvalue weighted by Crippen LogP contribution is 2.32. The van der Waals surface area contributed by atoms with E-state index in [1.807, 2.05) is 41.4 Å². The van der Waals surface area contributed by atoms with E-state index in [-0.39, 0.29) is 0 Å². The molecule has 0 bridgehead atoms. The van der Waals surface area contributed by atoms with E-state index >= 15 is 0 Å². The van der Waals surface area contributed by atoms with Crippen molar-refractivity contribution in [3.05, 3.63) is 41.9 Å². The number of hydrogen-bond acceptors (Lipinski definition) is 6. The minimum Gasteiger partial charge on any atom is -0.253 e. The zero-order valence-corrected chi connectivity index (χ0v) is 15.4.